The summed E-state index contributed by atoms with van der Waals surface area (Å²) in [6.07, 6.45) is 2.42. The second kappa shape index (κ2) is 4.94. The molecule has 96 valence electrons. The third-order valence-electron chi connectivity index (χ3n) is 2.54. The topological polar surface area (TPSA) is 56.5 Å². The highest BCUT2D eigenvalue weighted by Gasteiger charge is 2.14. The molecule has 0 bridgehead atoms. The Kier molecular flexibility index (Phi) is 3.52. The van der Waals surface area contributed by atoms with Crippen molar-refractivity contribution < 1.29 is 9.53 Å². The summed E-state index contributed by atoms with van der Waals surface area (Å²) >= 11 is 6.08. The van der Waals surface area contributed by atoms with Gasteiger partial charge >= 0.3 is 5.97 Å². The van der Waals surface area contributed by atoms with Gasteiger partial charge in [0.2, 0.25) is 0 Å². The molecule has 0 radical (unpaired) electrons. The Morgan fingerprint density at radius 2 is 2.22 bits per heavy atom. The Morgan fingerprint density at radius 1 is 1.50 bits per heavy atom. The summed E-state index contributed by atoms with van der Waals surface area (Å²) in [5.41, 5.74) is 0.944. The fourth-order valence-corrected chi connectivity index (χ4v) is 1.98. The van der Waals surface area contributed by atoms with Gasteiger partial charge in [0, 0.05) is 12.6 Å². The Morgan fingerprint density at radius 3 is 2.83 bits per heavy atom. The maximum absolute atomic E-state index is 11.5. The number of carbonyl (C=O) groups is 1. The minimum absolute atomic E-state index is 0.389. The lowest BCUT2D eigenvalue weighted by Crippen LogP contribution is -2.06. The van der Waals surface area contributed by atoms with Crippen LogP contribution in [0.1, 0.15) is 30.0 Å². The number of aromatic nitrogens is 3. The highest BCUT2D eigenvalue weighted by Crippen LogP contribution is 2.20. The number of halogens is 1. The van der Waals surface area contributed by atoms with Crippen molar-refractivity contribution >= 4 is 23.2 Å². The van der Waals surface area contributed by atoms with Gasteiger partial charge in [0.05, 0.1) is 17.7 Å². The van der Waals surface area contributed by atoms with Crippen LogP contribution < -0.4 is 0 Å². The van der Waals surface area contributed by atoms with E-state index in [-0.39, 0.29) is 0 Å². The van der Waals surface area contributed by atoms with Gasteiger partial charge in [0.15, 0.2) is 5.65 Å². The van der Waals surface area contributed by atoms with E-state index in [1.807, 2.05) is 0 Å². The largest absolute Gasteiger partial charge is 0.465 e. The number of rotatable bonds is 3. The van der Waals surface area contributed by atoms with Crippen LogP contribution in [0.15, 0.2) is 12.3 Å². The van der Waals surface area contributed by atoms with Gasteiger partial charge in [0.25, 0.3) is 0 Å². The maximum atomic E-state index is 11.5. The number of hydrogen-bond donors (Lipinski definition) is 0. The molecule has 6 heteroatoms. The number of carbonyl (C=O) groups excluding carboxylic acids is 1. The zero-order chi connectivity index (χ0) is 13.3. The second-order valence-corrected chi connectivity index (χ2v) is 4.88. The quantitative estimate of drug-likeness (QED) is 0.801. The molecule has 2 aromatic heterocycles. The van der Waals surface area contributed by atoms with Crippen molar-refractivity contribution in [2.24, 2.45) is 5.92 Å². The Hall–Kier alpha value is -1.62. The van der Waals surface area contributed by atoms with Crippen LogP contribution in [0, 0.1) is 5.92 Å². The van der Waals surface area contributed by atoms with Crippen molar-refractivity contribution in [2.45, 2.75) is 20.3 Å². The zero-order valence-corrected chi connectivity index (χ0v) is 11.2. The minimum Gasteiger partial charge on any atom is -0.465 e. The maximum Gasteiger partial charge on any atom is 0.339 e. The molecule has 0 saturated heterocycles. The van der Waals surface area contributed by atoms with E-state index in [9.17, 15) is 4.79 Å². The highest BCUT2D eigenvalue weighted by atomic mass is 35.5. The van der Waals surface area contributed by atoms with Crippen LogP contribution in [-0.4, -0.2) is 27.7 Å². The predicted octanol–water partition coefficient (Wildman–Crippen LogP) is 2.37. The molecule has 0 atom stereocenters. The second-order valence-electron chi connectivity index (χ2n) is 4.48. The van der Waals surface area contributed by atoms with Crippen molar-refractivity contribution in [2.75, 3.05) is 7.11 Å². The fourth-order valence-electron chi connectivity index (χ4n) is 1.73. The van der Waals surface area contributed by atoms with Crippen molar-refractivity contribution in [3.8, 4) is 0 Å². The lowest BCUT2D eigenvalue weighted by atomic mass is 10.1. The molecule has 5 nitrogen and oxygen atoms in total. The number of fused-ring (bicyclic) bond motifs is 1. The van der Waals surface area contributed by atoms with Crippen LogP contribution in [0.5, 0.6) is 0 Å². The molecule has 2 rings (SSSR count). The van der Waals surface area contributed by atoms with Crippen LogP contribution in [-0.2, 0) is 11.2 Å². The monoisotopic (exact) mass is 267 g/mol. The molecule has 2 aromatic rings. The summed E-state index contributed by atoms with van der Waals surface area (Å²) in [5, 5.41) is 8.51. The van der Waals surface area contributed by atoms with Crippen LogP contribution in [0.3, 0.4) is 0 Å². The van der Waals surface area contributed by atoms with Crippen molar-refractivity contribution in [3.63, 3.8) is 0 Å². The number of esters is 1. The first-order chi connectivity index (χ1) is 8.52. The minimum atomic E-state index is -0.428. The first-order valence-corrected chi connectivity index (χ1v) is 6.02. The normalized spacial score (nSPS) is 11.2. The van der Waals surface area contributed by atoms with Crippen LogP contribution in [0.25, 0.3) is 5.65 Å². The van der Waals surface area contributed by atoms with Gasteiger partial charge < -0.3 is 4.74 Å². The van der Waals surface area contributed by atoms with Crippen molar-refractivity contribution in [1.82, 2.24) is 14.6 Å². The van der Waals surface area contributed by atoms with Gasteiger partial charge in [0.1, 0.15) is 5.82 Å². The van der Waals surface area contributed by atoms with E-state index >= 15 is 0 Å². The first-order valence-electron chi connectivity index (χ1n) is 5.64. The van der Waals surface area contributed by atoms with Crippen LogP contribution in [0.2, 0.25) is 5.02 Å². The summed E-state index contributed by atoms with van der Waals surface area (Å²) in [4.78, 5) is 11.5. The van der Waals surface area contributed by atoms with Crippen molar-refractivity contribution in [3.05, 3.63) is 28.7 Å². The molecule has 0 unspecified atom stereocenters. The van der Waals surface area contributed by atoms with E-state index in [1.54, 1.807) is 10.6 Å². The average Bonchev–Trinajstić information content (AvgIpc) is 2.71. The van der Waals surface area contributed by atoms with E-state index in [4.69, 9.17) is 11.6 Å². The molecule has 0 spiro atoms. The van der Waals surface area contributed by atoms with Gasteiger partial charge in [-0.05, 0) is 12.0 Å². The smallest absolute Gasteiger partial charge is 0.339 e. The van der Waals surface area contributed by atoms with Gasteiger partial charge in [-0.15, -0.1) is 10.2 Å². The summed E-state index contributed by atoms with van der Waals surface area (Å²) in [6, 6.07) is 1.54. The number of pyridine rings is 1. The Balaban J connectivity index is 2.57. The molecular formula is C12H14ClN3O2. The SMILES string of the molecule is COC(=O)c1cc(Cl)c2nnc(CC(C)C)n2c1. The van der Waals surface area contributed by atoms with Gasteiger partial charge in [-0.2, -0.15) is 0 Å². The standard InChI is InChI=1S/C12H14ClN3O2/c1-7(2)4-10-14-15-11-9(13)5-8(6-16(10)11)12(17)18-3/h5-7H,4H2,1-3H3. The lowest BCUT2D eigenvalue weighted by molar-refractivity contribution is 0.0600. The predicted molar refractivity (Wildman–Crippen MR) is 67.9 cm³/mol. The molecule has 0 amide bonds. The number of nitrogens with zero attached hydrogens (tertiary/aromatic N) is 3. The molecule has 0 aromatic carbocycles. The lowest BCUT2D eigenvalue weighted by Gasteiger charge is -2.05. The number of ether oxygens (including phenoxy) is 1. The summed E-state index contributed by atoms with van der Waals surface area (Å²) < 4.78 is 6.43. The first kappa shape index (κ1) is 12.8. The summed E-state index contributed by atoms with van der Waals surface area (Å²) in [5.74, 6) is 0.800. The Labute approximate surface area is 110 Å². The van der Waals surface area contributed by atoms with E-state index < -0.39 is 5.97 Å². The number of methoxy groups -OCH3 is 1. The Bertz CT molecular complexity index is 592. The third kappa shape index (κ3) is 2.31. The van der Waals surface area contributed by atoms with Crippen LogP contribution >= 0.6 is 11.6 Å². The summed E-state index contributed by atoms with van der Waals surface area (Å²) in [6.45, 7) is 4.18. The highest BCUT2D eigenvalue weighted by molar-refractivity contribution is 6.33. The molecular weight excluding hydrogens is 254 g/mol. The van der Waals surface area contributed by atoms with Crippen LogP contribution in [0.4, 0.5) is 0 Å². The molecule has 0 saturated carbocycles. The van der Waals surface area contributed by atoms with Gasteiger partial charge in [-0.1, -0.05) is 25.4 Å². The van der Waals surface area contributed by atoms with Crippen molar-refractivity contribution in [1.29, 1.82) is 0 Å². The van der Waals surface area contributed by atoms with E-state index in [1.165, 1.54) is 13.2 Å². The van der Waals surface area contributed by atoms with E-state index in [0.29, 0.717) is 22.2 Å². The zero-order valence-electron chi connectivity index (χ0n) is 10.5. The molecule has 0 aliphatic rings. The fraction of sp³-hybridized carbons (Fsp3) is 0.417. The molecule has 0 aliphatic carbocycles. The summed E-state index contributed by atoms with van der Waals surface area (Å²) in [7, 11) is 1.33. The molecule has 2 heterocycles. The molecule has 0 aliphatic heterocycles. The average molecular weight is 268 g/mol. The molecule has 0 N–H and O–H groups in total. The molecule has 0 fully saturated rings. The number of hydrogen-bond acceptors (Lipinski definition) is 4. The van der Waals surface area contributed by atoms with Gasteiger partial charge in [-0.25, -0.2) is 4.79 Å². The van der Waals surface area contributed by atoms with Gasteiger partial charge in [-0.3, -0.25) is 4.40 Å². The van der Waals surface area contributed by atoms with E-state index in [0.717, 1.165) is 12.2 Å². The van der Waals surface area contributed by atoms with E-state index in [2.05, 4.69) is 28.8 Å². The third-order valence-corrected chi connectivity index (χ3v) is 2.82. The molecule has 18 heavy (non-hydrogen) atoms.